The van der Waals surface area contributed by atoms with Crippen LogP contribution < -0.4 is 0 Å². The van der Waals surface area contributed by atoms with Gasteiger partial charge < -0.3 is 4.42 Å². The second-order valence-corrected chi connectivity index (χ2v) is 14.8. The maximum atomic E-state index is 6.02. The summed E-state index contributed by atoms with van der Waals surface area (Å²) in [6.45, 7) is 10.8. The molecule has 1 aliphatic rings. The van der Waals surface area contributed by atoms with E-state index in [2.05, 4.69) is 172 Å². The third-order valence-corrected chi connectivity index (χ3v) is 10.6. The minimum Gasteiger partial charge on any atom is -0.454 e. The van der Waals surface area contributed by atoms with Crippen molar-refractivity contribution in [3.8, 4) is 22.3 Å². The molecule has 2 nitrogen and oxygen atoms in total. The fourth-order valence-electron chi connectivity index (χ4n) is 6.86. The number of allylic oxidation sites excluding steroid dienone is 12. The van der Waals surface area contributed by atoms with Crippen LogP contribution in [0.1, 0.15) is 51.2 Å². The Hall–Kier alpha value is -5.64. The van der Waals surface area contributed by atoms with E-state index in [-0.39, 0.29) is 0 Å². The van der Waals surface area contributed by atoms with Gasteiger partial charge in [0.05, 0.1) is 6.20 Å². The van der Waals surface area contributed by atoms with Crippen LogP contribution in [0.25, 0.3) is 55.3 Å². The lowest BCUT2D eigenvalue weighted by molar-refractivity contribution is 0.667. The van der Waals surface area contributed by atoms with Gasteiger partial charge in [-0.1, -0.05) is 127 Å². The molecule has 4 aromatic carbocycles. The van der Waals surface area contributed by atoms with Crippen molar-refractivity contribution in [1.82, 2.24) is 4.98 Å². The Morgan fingerprint density at radius 2 is 1.58 bits per heavy atom. The van der Waals surface area contributed by atoms with Gasteiger partial charge in [-0.2, -0.15) is 0 Å². The lowest BCUT2D eigenvalue weighted by Gasteiger charge is -2.10. The lowest BCUT2D eigenvalue weighted by Crippen LogP contribution is -1.86. The average molecular weight is 708 g/mol. The number of pyridine rings is 1. The van der Waals surface area contributed by atoms with E-state index in [4.69, 9.17) is 4.42 Å². The minimum atomic E-state index is 0.813. The highest BCUT2D eigenvalue weighted by molar-refractivity contribution is 8.00. The first kappa shape index (κ1) is 35.7. The molecule has 6 aromatic rings. The zero-order valence-corrected chi connectivity index (χ0v) is 31.6. The fourth-order valence-corrected chi connectivity index (χ4v) is 7.94. The first-order valence-corrected chi connectivity index (χ1v) is 19.3. The largest absolute Gasteiger partial charge is 0.454 e. The van der Waals surface area contributed by atoms with Gasteiger partial charge in [0.25, 0.3) is 0 Å². The van der Waals surface area contributed by atoms with Gasteiger partial charge in [-0.15, -0.1) is 11.8 Å². The van der Waals surface area contributed by atoms with E-state index < -0.39 is 0 Å². The molecule has 0 saturated carbocycles. The molecule has 0 unspecified atom stereocenters. The molecule has 0 fully saturated rings. The summed E-state index contributed by atoms with van der Waals surface area (Å²) < 4.78 is 6.02. The number of hydrogen-bond acceptors (Lipinski definition) is 3. The predicted molar refractivity (Wildman–Crippen MR) is 230 cm³/mol. The summed E-state index contributed by atoms with van der Waals surface area (Å²) in [4.78, 5) is 5.59. The molecular formula is C50H45NOS. The SMILES string of the molecule is C=C(/C=C1\CSc2ccccc21)C/C=C(\C=C/C)C/C=C\C/C=C(\C=C(C)C)c1cccc(-c2cccc(-c3ccc4oc5cnccc5c4c3)c2)c1. The van der Waals surface area contributed by atoms with E-state index in [0.29, 0.717) is 0 Å². The Bertz CT molecular complexity index is 2480. The third kappa shape index (κ3) is 8.71. The molecule has 0 bridgehead atoms. The van der Waals surface area contributed by atoms with Crippen molar-refractivity contribution < 1.29 is 4.42 Å². The van der Waals surface area contributed by atoms with Crippen molar-refractivity contribution in [2.24, 2.45) is 0 Å². The maximum absolute atomic E-state index is 6.02. The molecule has 53 heavy (non-hydrogen) atoms. The first-order chi connectivity index (χ1) is 25.9. The number of aromatic nitrogens is 1. The van der Waals surface area contributed by atoms with Crippen LogP contribution in [0.3, 0.4) is 0 Å². The molecule has 0 amide bonds. The Labute approximate surface area is 318 Å². The first-order valence-electron chi connectivity index (χ1n) is 18.3. The van der Waals surface area contributed by atoms with Crippen LogP contribution >= 0.6 is 11.8 Å². The second kappa shape index (κ2) is 16.8. The van der Waals surface area contributed by atoms with E-state index >= 15 is 0 Å². The quantitative estimate of drug-likeness (QED) is 0.0935. The molecule has 0 spiro atoms. The molecular weight excluding hydrogens is 663 g/mol. The molecule has 3 heterocycles. The minimum absolute atomic E-state index is 0.813. The molecule has 0 aliphatic carbocycles. The molecule has 262 valence electrons. The lowest BCUT2D eigenvalue weighted by atomic mass is 9.95. The molecule has 0 N–H and O–H groups in total. The Morgan fingerprint density at radius 3 is 2.42 bits per heavy atom. The van der Waals surface area contributed by atoms with Gasteiger partial charge in [0.1, 0.15) is 5.58 Å². The van der Waals surface area contributed by atoms with Crippen molar-refractivity contribution in [1.29, 1.82) is 0 Å². The van der Waals surface area contributed by atoms with Gasteiger partial charge in [0.15, 0.2) is 5.58 Å². The normalized spacial score (nSPS) is 14.2. The Kier molecular flexibility index (Phi) is 11.3. The van der Waals surface area contributed by atoms with E-state index in [0.717, 1.165) is 58.1 Å². The average Bonchev–Trinajstić information content (AvgIpc) is 3.77. The standard InChI is InChI=1S/C50H45NOS/c1-5-13-37(23-22-36(4)29-44-34-53-50-21-10-9-20-45(44)50)14-7-6-8-15-38(28-35(2)3)39-16-11-17-40(30-39)41-18-12-19-42(31-41)43-24-25-48-47(32-43)46-26-27-51-33-49(46)52-48/h5-7,9-13,15-21,23-33H,4,8,14,22,34H2,1-3H3/b7-6-,13-5-,37-23+,38-15+,44-29+. The van der Waals surface area contributed by atoms with Crippen LogP contribution in [-0.2, 0) is 0 Å². The van der Waals surface area contributed by atoms with Crippen molar-refractivity contribution in [3.63, 3.8) is 0 Å². The fraction of sp³-hybridized carbons (Fsp3) is 0.140. The number of rotatable bonds is 12. The van der Waals surface area contributed by atoms with Crippen molar-refractivity contribution in [3.05, 3.63) is 192 Å². The third-order valence-electron chi connectivity index (χ3n) is 9.44. The maximum Gasteiger partial charge on any atom is 0.153 e. The smallest absolute Gasteiger partial charge is 0.153 e. The van der Waals surface area contributed by atoms with Crippen LogP contribution in [0.4, 0.5) is 0 Å². The van der Waals surface area contributed by atoms with Gasteiger partial charge in [-0.05, 0) is 127 Å². The highest BCUT2D eigenvalue weighted by Crippen LogP contribution is 2.39. The summed E-state index contributed by atoms with van der Waals surface area (Å²) in [6.07, 6.45) is 24.3. The molecule has 0 atom stereocenters. The molecule has 7 rings (SSSR count). The second-order valence-electron chi connectivity index (χ2n) is 13.7. The van der Waals surface area contributed by atoms with Crippen LogP contribution in [0.15, 0.2) is 191 Å². The van der Waals surface area contributed by atoms with Crippen LogP contribution in [0.5, 0.6) is 0 Å². The molecule has 0 radical (unpaired) electrons. The molecule has 2 aromatic heterocycles. The van der Waals surface area contributed by atoms with E-state index in [1.54, 1.807) is 6.20 Å². The van der Waals surface area contributed by atoms with Crippen LogP contribution in [0.2, 0.25) is 0 Å². The monoisotopic (exact) mass is 707 g/mol. The zero-order valence-electron chi connectivity index (χ0n) is 30.8. The van der Waals surface area contributed by atoms with Gasteiger partial charge in [-0.25, -0.2) is 0 Å². The van der Waals surface area contributed by atoms with Gasteiger partial charge in [0, 0.05) is 27.6 Å². The van der Waals surface area contributed by atoms with Crippen molar-refractivity contribution in [2.45, 2.75) is 44.9 Å². The molecule has 1 aliphatic heterocycles. The van der Waals surface area contributed by atoms with Gasteiger partial charge in [-0.3, -0.25) is 4.98 Å². The molecule has 3 heteroatoms. The summed E-state index contributed by atoms with van der Waals surface area (Å²) in [5.41, 5.74) is 15.3. The number of fused-ring (bicyclic) bond motifs is 4. The topological polar surface area (TPSA) is 26.0 Å². The summed E-state index contributed by atoms with van der Waals surface area (Å²) in [5, 5.41) is 2.20. The Morgan fingerprint density at radius 1 is 0.792 bits per heavy atom. The predicted octanol–water partition coefficient (Wildman–Crippen LogP) is 14.6. The number of hydrogen-bond donors (Lipinski definition) is 0. The van der Waals surface area contributed by atoms with Crippen LogP contribution in [0, 0.1) is 0 Å². The van der Waals surface area contributed by atoms with E-state index in [9.17, 15) is 0 Å². The Balaban J connectivity index is 1.04. The van der Waals surface area contributed by atoms with E-state index in [1.165, 1.54) is 55.0 Å². The van der Waals surface area contributed by atoms with Gasteiger partial charge >= 0.3 is 0 Å². The number of nitrogens with zero attached hydrogens (tertiary/aromatic N) is 1. The van der Waals surface area contributed by atoms with Crippen LogP contribution in [-0.4, -0.2) is 10.7 Å². The summed E-state index contributed by atoms with van der Waals surface area (Å²) in [6, 6.07) is 34.8. The highest BCUT2D eigenvalue weighted by Gasteiger charge is 2.16. The number of benzene rings is 4. The number of thioether (sulfide) groups is 1. The summed E-state index contributed by atoms with van der Waals surface area (Å²) in [7, 11) is 0. The van der Waals surface area contributed by atoms with Gasteiger partial charge in [0.2, 0.25) is 0 Å². The highest BCUT2D eigenvalue weighted by atomic mass is 32.2. The zero-order chi connectivity index (χ0) is 36.6. The molecule has 0 saturated heterocycles. The van der Waals surface area contributed by atoms with Crippen molar-refractivity contribution in [2.75, 3.05) is 5.75 Å². The summed E-state index contributed by atoms with van der Waals surface area (Å²) >= 11 is 1.91. The number of furan rings is 1. The summed E-state index contributed by atoms with van der Waals surface area (Å²) in [5.74, 6) is 1.02. The van der Waals surface area contributed by atoms with E-state index in [1.807, 2.05) is 24.0 Å². The van der Waals surface area contributed by atoms with Crippen molar-refractivity contribution >= 4 is 44.8 Å².